The number of hydrogen-bond donors (Lipinski definition) is 1. The average Bonchev–Trinajstić information content (AvgIpc) is 2.37. The van der Waals surface area contributed by atoms with Crippen molar-refractivity contribution in [3.63, 3.8) is 0 Å². The van der Waals surface area contributed by atoms with Crippen molar-refractivity contribution in [2.24, 2.45) is 0 Å². The molecule has 3 heteroatoms. The van der Waals surface area contributed by atoms with Gasteiger partial charge in [-0.1, -0.05) is 26.0 Å². The Morgan fingerprint density at radius 2 is 2.06 bits per heavy atom. The summed E-state index contributed by atoms with van der Waals surface area (Å²) >= 11 is 0. The molecule has 3 nitrogen and oxygen atoms in total. The van der Waals surface area contributed by atoms with Crippen molar-refractivity contribution in [2.75, 3.05) is 6.54 Å². The van der Waals surface area contributed by atoms with Gasteiger partial charge in [-0.3, -0.25) is 4.79 Å². The van der Waals surface area contributed by atoms with E-state index in [1.807, 2.05) is 45.9 Å². The number of carbonyl (C=O) groups excluding carboxylic acids is 1. The molecule has 0 aliphatic carbocycles. The first kappa shape index (κ1) is 14.6. The molecule has 0 radical (unpaired) electrons. The van der Waals surface area contributed by atoms with Crippen molar-refractivity contribution < 1.29 is 9.53 Å². The van der Waals surface area contributed by atoms with Gasteiger partial charge < -0.3 is 10.1 Å². The lowest BCUT2D eigenvalue weighted by atomic mass is 10.1. The fraction of sp³-hybridized carbons (Fsp3) is 0.533. The predicted octanol–water partition coefficient (Wildman–Crippen LogP) is 2.99. The molecule has 0 spiro atoms. The van der Waals surface area contributed by atoms with Crippen LogP contribution in [0.3, 0.4) is 0 Å². The van der Waals surface area contributed by atoms with E-state index in [-0.39, 0.29) is 5.91 Å². The Balaban J connectivity index is 2.73. The molecule has 100 valence electrons. The Morgan fingerprint density at radius 1 is 1.33 bits per heavy atom. The van der Waals surface area contributed by atoms with Gasteiger partial charge >= 0.3 is 0 Å². The molecule has 1 unspecified atom stereocenters. The Bertz CT molecular complexity index is 401. The van der Waals surface area contributed by atoms with Gasteiger partial charge in [0.15, 0.2) is 6.10 Å². The highest BCUT2D eigenvalue weighted by molar-refractivity contribution is 5.81. The summed E-state index contributed by atoms with van der Waals surface area (Å²) in [6.45, 7) is 8.75. The van der Waals surface area contributed by atoms with Crippen LogP contribution in [0.1, 0.15) is 37.8 Å². The van der Waals surface area contributed by atoms with Gasteiger partial charge in [-0.15, -0.1) is 0 Å². The van der Waals surface area contributed by atoms with E-state index >= 15 is 0 Å². The van der Waals surface area contributed by atoms with Crippen LogP contribution in [0.4, 0.5) is 0 Å². The molecule has 1 atom stereocenters. The molecule has 1 rings (SSSR count). The normalized spacial score (nSPS) is 12.0. The molecule has 18 heavy (non-hydrogen) atoms. The van der Waals surface area contributed by atoms with Gasteiger partial charge in [0.1, 0.15) is 5.75 Å². The van der Waals surface area contributed by atoms with Gasteiger partial charge in [0.05, 0.1) is 0 Å². The van der Waals surface area contributed by atoms with Gasteiger partial charge in [0, 0.05) is 6.54 Å². The second-order valence-corrected chi connectivity index (χ2v) is 4.50. The first-order valence-electron chi connectivity index (χ1n) is 6.60. The van der Waals surface area contributed by atoms with Crippen molar-refractivity contribution in [3.05, 3.63) is 29.3 Å². The minimum Gasteiger partial charge on any atom is -0.480 e. The van der Waals surface area contributed by atoms with Gasteiger partial charge in [0.2, 0.25) is 0 Å². The summed E-state index contributed by atoms with van der Waals surface area (Å²) in [7, 11) is 0. The van der Waals surface area contributed by atoms with Crippen LogP contribution in [0.2, 0.25) is 0 Å². The third kappa shape index (κ3) is 3.76. The third-order valence-electron chi connectivity index (χ3n) is 3.04. The number of aryl methyl sites for hydroxylation is 1. The van der Waals surface area contributed by atoms with E-state index in [1.54, 1.807) is 0 Å². The predicted molar refractivity (Wildman–Crippen MR) is 73.9 cm³/mol. The van der Waals surface area contributed by atoms with Gasteiger partial charge in [-0.2, -0.15) is 0 Å². The molecule has 0 saturated carbocycles. The van der Waals surface area contributed by atoms with Crippen molar-refractivity contribution >= 4 is 5.91 Å². The molecule has 0 saturated heterocycles. The van der Waals surface area contributed by atoms with Crippen molar-refractivity contribution in [3.8, 4) is 5.75 Å². The lowest BCUT2D eigenvalue weighted by molar-refractivity contribution is -0.128. The number of ether oxygens (including phenoxy) is 1. The van der Waals surface area contributed by atoms with Crippen LogP contribution in [-0.4, -0.2) is 18.6 Å². The maximum atomic E-state index is 11.9. The first-order valence-corrected chi connectivity index (χ1v) is 6.60. The summed E-state index contributed by atoms with van der Waals surface area (Å²) < 4.78 is 5.82. The lowest BCUT2D eigenvalue weighted by Gasteiger charge is -2.19. The van der Waals surface area contributed by atoms with E-state index in [2.05, 4.69) is 5.32 Å². The molecule has 0 bridgehead atoms. The highest BCUT2D eigenvalue weighted by atomic mass is 16.5. The SMILES string of the molecule is CCCNC(=O)C(CC)Oc1cccc(C)c1C. The minimum absolute atomic E-state index is 0.0275. The molecule has 0 aliphatic rings. The van der Waals surface area contributed by atoms with Crippen molar-refractivity contribution in [1.82, 2.24) is 5.32 Å². The maximum absolute atomic E-state index is 11.9. The first-order chi connectivity index (χ1) is 8.60. The zero-order valence-corrected chi connectivity index (χ0v) is 11.7. The number of hydrogen-bond acceptors (Lipinski definition) is 2. The van der Waals surface area contributed by atoms with E-state index in [4.69, 9.17) is 4.74 Å². The van der Waals surface area contributed by atoms with Crippen LogP contribution < -0.4 is 10.1 Å². The number of carbonyl (C=O) groups is 1. The third-order valence-corrected chi connectivity index (χ3v) is 3.04. The van der Waals surface area contributed by atoms with Crippen molar-refractivity contribution in [2.45, 2.75) is 46.6 Å². The molecule has 0 fully saturated rings. The maximum Gasteiger partial charge on any atom is 0.261 e. The smallest absolute Gasteiger partial charge is 0.261 e. The highest BCUT2D eigenvalue weighted by Gasteiger charge is 2.18. The Morgan fingerprint density at radius 3 is 2.67 bits per heavy atom. The largest absolute Gasteiger partial charge is 0.480 e. The quantitative estimate of drug-likeness (QED) is 0.841. The summed E-state index contributed by atoms with van der Waals surface area (Å²) in [5, 5.41) is 2.87. The summed E-state index contributed by atoms with van der Waals surface area (Å²) in [5.41, 5.74) is 2.27. The van der Waals surface area contributed by atoms with Gasteiger partial charge in [-0.05, 0) is 43.9 Å². The summed E-state index contributed by atoms with van der Waals surface area (Å²) in [6, 6.07) is 5.91. The van der Waals surface area contributed by atoms with Crippen LogP contribution in [0.5, 0.6) is 5.75 Å². The van der Waals surface area contributed by atoms with E-state index in [0.717, 1.165) is 17.7 Å². The Hall–Kier alpha value is -1.51. The number of benzene rings is 1. The lowest BCUT2D eigenvalue weighted by Crippen LogP contribution is -2.38. The van der Waals surface area contributed by atoms with E-state index in [1.165, 1.54) is 5.56 Å². The van der Waals surface area contributed by atoms with Crippen molar-refractivity contribution in [1.29, 1.82) is 0 Å². The molecule has 0 aliphatic heterocycles. The van der Waals surface area contributed by atoms with Crippen LogP contribution in [-0.2, 0) is 4.79 Å². The molecule has 0 aromatic heterocycles. The second-order valence-electron chi connectivity index (χ2n) is 4.50. The van der Waals surface area contributed by atoms with Crippen LogP contribution >= 0.6 is 0 Å². The monoisotopic (exact) mass is 249 g/mol. The fourth-order valence-corrected chi connectivity index (χ4v) is 1.69. The molecular formula is C15H23NO2. The topological polar surface area (TPSA) is 38.3 Å². The highest BCUT2D eigenvalue weighted by Crippen LogP contribution is 2.22. The van der Waals surface area contributed by atoms with E-state index in [9.17, 15) is 4.79 Å². The van der Waals surface area contributed by atoms with Crippen LogP contribution in [0.15, 0.2) is 18.2 Å². The fourth-order valence-electron chi connectivity index (χ4n) is 1.69. The molecule has 1 N–H and O–H groups in total. The van der Waals surface area contributed by atoms with Crippen LogP contribution in [0.25, 0.3) is 0 Å². The van der Waals surface area contributed by atoms with Crippen LogP contribution in [0, 0.1) is 13.8 Å². The molecular weight excluding hydrogens is 226 g/mol. The van der Waals surface area contributed by atoms with Gasteiger partial charge in [-0.25, -0.2) is 0 Å². The summed E-state index contributed by atoms with van der Waals surface area (Å²) in [6.07, 6.45) is 1.20. The molecule has 1 aromatic carbocycles. The second kappa shape index (κ2) is 7.04. The number of rotatable bonds is 6. The summed E-state index contributed by atoms with van der Waals surface area (Å²) in [5.74, 6) is 0.772. The van der Waals surface area contributed by atoms with E-state index < -0.39 is 6.10 Å². The Kier molecular flexibility index (Phi) is 5.69. The van der Waals surface area contributed by atoms with E-state index in [0.29, 0.717) is 13.0 Å². The van der Waals surface area contributed by atoms with Gasteiger partial charge in [0.25, 0.3) is 5.91 Å². The zero-order chi connectivity index (χ0) is 13.5. The molecule has 1 amide bonds. The molecule has 0 heterocycles. The average molecular weight is 249 g/mol. The zero-order valence-electron chi connectivity index (χ0n) is 11.7. The Labute approximate surface area is 110 Å². The number of amides is 1. The standard InChI is InChI=1S/C15H23NO2/c1-5-10-16-15(17)13(6-2)18-14-9-7-8-11(3)12(14)4/h7-9,13H,5-6,10H2,1-4H3,(H,16,17). The minimum atomic E-state index is -0.406. The number of nitrogens with one attached hydrogen (secondary N) is 1. The molecule has 1 aromatic rings. The summed E-state index contributed by atoms with van der Waals surface area (Å²) in [4.78, 5) is 11.9.